The zero-order valence-corrected chi connectivity index (χ0v) is 11.7. The lowest BCUT2D eigenvalue weighted by molar-refractivity contribution is -0.133. The van der Waals surface area contributed by atoms with Crippen LogP contribution in [0, 0.1) is 16.7 Å². The van der Waals surface area contributed by atoms with Gasteiger partial charge in [0, 0.05) is 22.7 Å². The lowest BCUT2D eigenvalue weighted by atomic mass is 9.85. The van der Waals surface area contributed by atoms with E-state index < -0.39 is 11.4 Å². The number of hydrogen-bond acceptors (Lipinski definition) is 2. The molecule has 1 heterocycles. The second-order valence-electron chi connectivity index (χ2n) is 5.70. The Bertz CT molecular complexity index is 740. The molecule has 0 saturated carbocycles. The van der Waals surface area contributed by atoms with E-state index in [2.05, 4.69) is 11.1 Å². The molecule has 102 valence electrons. The van der Waals surface area contributed by atoms with Gasteiger partial charge in [0.2, 0.25) is 0 Å². The number of carbonyl (C=O) groups is 1. The molecule has 2 rings (SSSR count). The molecule has 20 heavy (non-hydrogen) atoms. The maximum atomic E-state index is 11.4. The fraction of sp³-hybridized carbons (Fsp3) is 0.250. The van der Waals surface area contributed by atoms with E-state index in [-0.39, 0.29) is 0 Å². The van der Waals surface area contributed by atoms with Crippen molar-refractivity contribution in [2.45, 2.75) is 20.8 Å². The number of carboxylic acids is 1. The van der Waals surface area contributed by atoms with E-state index in [1.54, 1.807) is 24.4 Å². The quantitative estimate of drug-likeness (QED) is 0.817. The molecule has 0 unspecified atom stereocenters. The highest BCUT2D eigenvalue weighted by molar-refractivity contribution is 5.99. The van der Waals surface area contributed by atoms with Gasteiger partial charge in [-0.2, -0.15) is 5.26 Å². The van der Waals surface area contributed by atoms with Gasteiger partial charge in [0.05, 0.1) is 11.1 Å². The Morgan fingerprint density at radius 2 is 2.10 bits per heavy atom. The Morgan fingerprint density at radius 1 is 1.40 bits per heavy atom. The van der Waals surface area contributed by atoms with Gasteiger partial charge in [0.25, 0.3) is 0 Å². The van der Waals surface area contributed by atoms with Crippen LogP contribution < -0.4 is 0 Å². The lowest BCUT2D eigenvalue weighted by Gasteiger charge is -2.19. The van der Waals surface area contributed by atoms with E-state index in [4.69, 9.17) is 5.26 Å². The summed E-state index contributed by atoms with van der Waals surface area (Å²) in [6.07, 6.45) is 3.41. The Labute approximate surface area is 117 Å². The number of para-hydroxylation sites is 1. The summed E-state index contributed by atoms with van der Waals surface area (Å²) < 4.78 is 0. The fourth-order valence-electron chi connectivity index (χ4n) is 2.14. The molecule has 0 fully saturated rings. The van der Waals surface area contributed by atoms with Gasteiger partial charge in [-0.3, -0.25) is 0 Å². The van der Waals surface area contributed by atoms with Gasteiger partial charge in [-0.15, -0.1) is 0 Å². The number of aromatic amines is 1. The molecule has 0 aliphatic rings. The molecule has 1 aromatic heterocycles. The number of nitrogens with zero attached hydrogens (tertiary/aromatic N) is 1. The third-order valence-electron chi connectivity index (χ3n) is 3.21. The Morgan fingerprint density at radius 3 is 2.65 bits per heavy atom. The molecule has 0 spiro atoms. The molecule has 2 aromatic rings. The molecule has 4 nitrogen and oxygen atoms in total. The molecule has 2 N–H and O–H groups in total. The van der Waals surface area contributed by atoms with Crippen LogP contribution in [0.3, 0.4) is 0 Å². The predicted octanol–water partition coefficient (Wildman–Crippen LogP) is 3.55. The van der Waals surface area contributed by atoms with Crippen molar-refractivity contribution in [1.82, 2.24) is 4.98 Å². The second-order valence-corrected chi connectivity index (χ2v) is 5.70. The van der Waals surface area contributed by atoms with Crippen LogP contribution in [0.5, 0.6) is 0 Å². The van der Waals surface area contributed by atoms with Crippen molar-refractivity contribution in [3.05, 3.63) is 41.1 Å². The number of benzene rings is 1. The summed E-state index contributed by atoms with van der Waals surface area (Å²) >= 11 is 0. The van der Waals surface area contributed by atoms with Crippen molar-refractivity contribution in [1.29, 1.82) is 5.26 Å². The van der Waals surface area contributed by atoms with E-state index in [9.17, 15) is 9.90 Å². The zero-order chi connectivity index (χ0) is 14.9. The summed E-state index contributed by atoms with van der Waals surface area (Å²) in [5, 5.41) is 19.3. The average Bonchev–Trinajstić information content (AvgIpc) is 2.77. The molecule has 0 aliphatic carbocycles. The number of fused-ring (bicyclic) bond motifs is 1. The smallest absolute Gasteiger partial charge is 0.332 e. The minimum Gasteiger partial charge on any atom is -0.478 e. The largest absolute Gasteiger partial charge is 0.478 e. The van der Waals surface area contributed by atoms with E-state index in [1.165, 1.54) is 0 Å². The van der Waals surface area contributed by atoms with Crippen molar-refractivity contribution in [2.24, 2.45) is 5.41 Å². The van der Waals surface area contributed by atoms with Crippen molar-refractivity contribution < 1.29 is 9.90 Å². The fourth-order valence-corrected chi connectivity index (χ4v) is 2.14. The summed E-state index contributed by atoms with van der Waals surface area (Å²) in [4.78, 5) is 14.4. The number of nitriles is 1. The van der Waals surface area contributed by atoms with Crippen molar-refractivity contribution in [2.75, 3.05) is 0 Å². The number of rotatable bonds is 2. The summed E-state index contributed by atoms with van der Waals surface area (Å²) in [5.74, 6) is -0.928. The minimum atomic E-state index is -0.928. The van der Waals surface area contributed by atoms with Crippen LogP contribution in [-0.4, -0.2) is 16.1 Å². The summed E-state index contributed by atoms with van der Waals surface area (Å²) in [6, 6.07) is 7.52. The molecule has 0 amide bonds. The van der Waals surface area contributed by atoms with E-state index in [0.717, 1.165) is 16.5 Å². The monoisotopic (exact) mass is 268 g/mol. The first kappa shape index (κ1) is 13.9. The van der Waals surface area contributed by atoms with Gasteiger partial charge in [0.15, 0.2) is 0 Å². The maximum absolute atomic E-state index is 11.4. The van der Waals surface area contributed by atoms with Gasteiger partial charge in [-0.1, -0.05) is 32.9 Å². The topological polar surface area (TPSA) is 76.9 Å². The molecular formula is C16H16N2O2. The summed E-state index contributed by atoms with van der Waals surface area (Å²) in [5.41, 5.74) is 1.95. The number of nitrogens with one attached hydrogen (secondary N) is 1. The Balaban J connectivity index is 2.65. The molecule has 4 heteroatoms. The van der Waals surface area contributed by atoms with Crippen LogP contribution >= 0.6 is 0 Å². The van der Waals surface area contributed by atoms with E-state index in [1.807, 2.05) is 26.8 Å². The van der Waals surface area contributed by atoms with Gasteiger partial charge >= 0.3 is 5.97 Å². The third-order valence-corrected chi connectivity index (χ3v) is 3.21. The van der Waals surface area contributed by atoms with Crippen LogP contribution in [0.4, 0.5) is 0 Å². The third kappa shape index (κ3) is 2.43. The number of aliphatic carboxylic acids is 1. The van der Waals surface area contributed by atoms with Crippen LogP contribution in [0.15, 0.2) is 30.0 Å². The Hall–Kier alpha value is -2.54. The highest BCUT2D eigenvalue weighted by Crippen LogP contribution is 2.30. The van der Waals surface area contributed by atoms with E-state index in [0.29, 0.717) is 11.1 Å². The average molecular weight is 268 g/mol. The SMILES string of the molecule is CC(C)(C)C(=Cc1c[nH]c2c(C#N)cccc12)C(=O)O. The van der Waals surface area contributed by atoms with Crippen LogP contribution in [0.25, 0.3) is 17.0 Å². The standard InChI is InChI=1S/C16H16N2O2/c1-16(2,3)13(15(19)20)7-11-9-18-14-10(8-17)5-4-6-12(11)14/h4-7,9,18H,1-3H3,(H,19,20). The van der Waals surface area contributed by atoms with Gasteiger partial charge in [-0.05, 0) is 17.6 Å². The predicted molar refractivity (Wildman–Crippen MR) is 78.1 cm³/mol. The number of H-pyrrole nitrogens is 1. The zero-order valence-electron chi connectivity index (χ0n) is 11.7. The molecular weight excluding hydrogens is 252 g/mol. The first-order valence-electron chi connectivity index (χ1n) is 6.30. The molecule has 0 saturated heterocycles. The number of hydrogen-bond donors (Lipinski definition) is 2. The highest BCUT2D eigenvalue weighted by atomic mass is 16.4. The second kappa shape index (κ2) is 4.86. The summed E-state index contributed by atoms with van der Waals surface area (Å²) in [6.45, 7) is 5.59. The molecule has 1 aromatic carbocycles. The highest BCUT2D eigenvalue weighted by Gasteiger charge is 2.23. The molecule has 0 bridgehead atoms. The van der Waals surface area contributed by atoms with E-state index >= 15 is 0 Å². The van der Waals surface area contributed by atoms with Crippen LogP contribution in [-0.2, 0) is 4.79 Å². The lowest BCUT2D eigenvalue weighted by Crippen LogP contribution is -2.17. The van der Waals surface area contributed by atoms with Gasteiger partial charge < -0.3 is 10.1 Å². The van der Waals surface area contributed by atoms with Crippen molar-refractivity contribution in [3.8, 4) is 6.07 Å². The maximum Gasteiger partial charge on any atom is 0.332 e. The molecule has 0 aliphatic heterocycles. The van der Waals surface area contributed by atoms with Gasteiger partial charge in [-0.25, -0.2) is 4.79 Å². The first-order chi connectivity index (χ1) is 9.34. The normalized spacial score (nSPS) is 12.4. The molecule has 0 radical (unpaired) electrons. The first-order valence-corrected chi connectivity index (χ1v) is 6.30. The van der Waals surface area contributed by atoms with Crippen molar-refractivity contribution >= 4 is 22.9 Å². The number of carboxylic acid groups (broad SMARTS) is 1. The Kier molecular flexibility index (Phi) is 3.37. The van der Waals surface area contributed by atoms with Crippen LogP contribution in [0.1, 0.15) is 31.9 Å². The van der Waals surface area contributed by atoms with Crippen LogP contribution in [0.2, 0.25) is 0 Å². The van der Waals surface area contributed by atoms with Gasteiger partial charge in [0.1, 0.15) is 6.07 Å². The summed E-state index contributed by atoms with van der Waals surface area (Å²) in [7, 11) is 0. The van der Waals surface area contributed by atoms with Crippen molar-refractivity contribution in [3.63, 3.8) is 0 Å². The molecule has 0 atom stereocenters. The number of aromatic nitrogens is 1. The minimum absolute atomic E-state index is 0.334.